The average Bonchev–Trinajstić information content (AvgIpc) is 2.35. The topological polar surface area (TPSA) is 83.3 Å². The summed E-state index contributed by atoms with van der Waals surface area (Å²) in [5.41, 5.74) is 4.33. The Labute approximate surface area is 133 Å². The second kappa shape index (κ2) is 7.85. The van der Waals surface area contributed by atoms with Crippen LogP contribution in [0.1, 0.15) is 22.5 Å². The molecule has 2 aromatic rings. The molecule has 2 rings (SSSR count). The lowest BCUT2D eigenvalue weighted by molar-refractivity contribution is 0.137. The molecule has 0 bridgehead atoms. The third kappa shape index (κ3) is 6.01. The van der Waals surface area contributed by atoms with Gasteiger partial charge in [0, 0.05) is 22.8 Å². The van der Waals surface area contributed by atoms with Gasteiger partial charge in [0.05, 0.1) is 0 Å². The molecule has 5 nitrogen and oxygen atoms in total. The van der Waals surface area contributed by atoms with Gasteiger partial charge < -0.3 is 10.2 Å². The zero-order chi connectivity index (χ0) is 16.0. The number of benzene rings is 1. The van der Waals surface area contributed by atoms with E-state index in [0.29, 0.717) is 5.16 Å². The van der Waals surface area contributed by atoms with Gasteiger partial charge in [-0.2, -0.15) is 0 Å². The first kappa shape index (κ1) is 17.3. The minimum Gasteiger partial charge on any atom is -0.450 e. The van der Waals surface area contributed by atoms with Gasteiger partial charge >= 0.3 is 6.16 Å². The van der Waals surface area contributed by atoms with Crippen molar-refractivity contribution < 1.29 is 15.0 Å². The molecule has 0 saturated heterocycles. The van der Waals surface area contributed by atoms with Crippen molar-refractivity contribution in [3.8, 4) is 0 Å². The van der Waals surface area contributed by atoms with Gasteiger partial charge in [-0.25, -0.2) is 14.8 Å². The molecule has 21 heavy (non-hydrogen) atoms. The normalized spacial score (nSPS) is 9.71. The summed E-state index contributed by atoms with van der Waals surface area (Å²) in [7, 11) is 0. The number of rotatable bonds is 2. The van der Waals surface area contributed by atoms with E-state index in [-0.39, 0.29) is 0 Å². The molecule has 112 valence electrons. The molecular weight excluding hydrogens is 312 g/mol. The number of carbonyl (C=O) groups is 1. The number of aryl methyl sites for hydroxylation is 2. The van der Waals surface area contributed by atoms with E-state index in [1.165, 1.54) is 5.56 Å². The summed E-state index contributed by atoms with van der Waals surface area (Å²) in [6, 6.07) is 7.84. The smallest absolute Gasteiger partial charge is 0.450 e. The molecular formula is C14H15ClN2O3S. The van der Waals surface area contributed by atoms with Crippen LogP contribution in [0.3, 0.4) is 0 Å². The number of nitrogens with zero attached hydrogens (tertiary/aromatic N) is 2. The molecule has 7 heteroatoms. The SMILES string of the molecule is Cc1nc(S)nc(C)c1Cc1ccc(Cl)cc1.O=C(O)O. The summed E-state index contributed by atoms with van der Waals surface area (Å²) in [4.78, 5) is 17.1. The number of carboxylic acid groups (broad SMARTS) is 2. The number of hydrogen-bond donors (Lipinski definition) is 3. The number of halogens is 1. The number of thiol groups is 1. The predicted molar refractivity (Wildman–Crippen MR) is 83.7 cm³/mol. The highest BCUT2D eigenvalue weighted by atomic mass is 35.5. The minimum atomic E-state index is -1.83. The molecule has 0 amide bonds. The van der Waals surface area contributed by atoms with Crippen LogP contribution in [0.4, 0.5) is 4.79 Å². The van der Waals surface area contributed by atoms with Crippen LogP contribution in [-0.2, 0) is 6.42 Å². The number of hydrogen-bond acceptors (Lipinski definition) is 4. The van der Waals surface area contributed by atoms with E-state index in [9.17, 15) is 0 Å². The Hall–Kier alpha value is -1.79. The van der Waals surface area contributed by atoms with Crippen LogP contribution in [0.2, 0.25) is 5.02 Å². The Bertz CT molecular complexity index is 606. The summed E-state index contributed by atoms with van der Waals surface area (Å²) in [5, 5.41) is 15.2. The Morgan fingerprint density at radius 2 is 1.57 bits per heavy atom. The zero-order valence-corrected chi connectivity index (χ0v) is 13.2. The van der Waals surface area contributed by atoms with Gasteiger partial charge in [-0.05, 0) is 37.1 Å². The summed E-state index contributed by atoms with van der Waals surface area (Å²) in [5.74, 6) is 0. The van der Waals surface area contributed by atoms with Gasteiger partial charge in [0.25, 0.3) is 0 Å². The summed E-state index contributed by atoms with van der Waals surface area (Å²) < 4.78 is 0. The van der Waals surface area contributed by atoms with Crippen LogP contribution in [-0.4, -0.2) is 26.3 Å². The lowest BCUT2D eigenvalue weighted by Crippen LogP contribution is -2.02. The molecule has 1 aromatic carbocycles. The molecule has 0 unspecified atom stereocenters. The van der Waals surface area contributed by atoms with Crippen molar-refractivity contribution in [2.75, 3.05) is 0 Å². The number of aromatic nitrogens is 2. The lowest BCUT2D eigenvalue weighted by atomic mass is 10.0. The Morgan fingerprint density at radius 3 is 2.00 bits per heavy atom. The van der Waals surface area contributed by atoms with E-state index in [2.05, 4.69) is 22.6 Å². The Morgan fingerprint density at radius 1 is 1.14 bits per heavy atom. The van der Waals surface area contributed by atoms with E-state index in [0.717, 1.165) is 28.4 Å². The largest absolute Gasteiger partial charge is 0.503 e. The van der Waals surface area contributed by atoms with E-state index >= 15 is 0 Å². The molecule has 0 atom stereocenters. The van der Waals surface area contributed by atoms with Crippen LogP contribution in [0.15, 0.2) is 29.4 Å². The monoisotopic (exact) mass is 326 g/mol. The highest BCUT2D eigenvalue weighted by Crippen LogP contribution is 2.18. The lowest BCUT2D eigenvalue weighted by Gasteiger charge is -2.09. The van der Waals surface area contributed by atoms with Gasteiger partial charge in [0.2, 0.25) is 0 Å². The third-order valence-electron chi connectivity index (χ3n) is 2.70. The standard InChI is InChI=1S/C13H13ClN2S.CH2O3/c1-8-12(9(2)16-13(17)15-8)7-10-3-5-11(14)6-4-10;2-1(3)4/h3-6H,7H2,1-2H3,(H,15,16,17);(H2,2,3,4). The van der Waals surface area contributed by atoms with Gasteiger partial charge in [0.15, 0.2) is 5.16 Å². The van der Waals surface area contributed by atoms with Crippen LogP contribution >= 0.6 is 24.2 Å². The van der Waals surface area contributed by atoms with Crippen molar-refractivity contribution in [3.63, 3.8) is 0 Å². The van der Waals surface area contributed by atoms with Crippen LogP contribution in [0, 0.1) is 13.8 Å². The summed E-state index contributed by atoms with van der Waals surface area (Å²) >= 11 is 10.0. The van der Waals surface area contributed by atoms with Gasteiger partial charge in [-0.3, -0.25) is 0 Å². The molecule has 0 aliphatic heterocycles. The van der Waals surface area contributed by atoms with Crippen molar-refractivity contribution in [3.05, 3.63) is 51.8 Å². The fourth-order valence-electron chi connectivity index (χ4n) is 1.78. The molecule has 2 N–H and O–H groups in total. The minimum absolute atomic E-state index is 0.528. The highest BCUT2D eigenvalue weighted by Gasteiger charge is 2.07. The van der Waals surface area contributed by atoms with Gasteiger partial charge in [0.1, 0.15) is 0 Å². The zero-order valence-electron chi connectivity index (χ0n) is 11.5. The van der Waals surface area contributed by atoms with Gasteiger partial charge in [-0.1, -0.05) is 23.7 Å². The maximum Gasteiger partial charge on any atom is 0.503 e. The van der Waals surface area contributed by atoms with Gasteiger partial charge in [-0.15, -0.1) is 12.6 Å². The molecule has 0 spiro atoms. The van der Waals surface area contributed by atoms with Crippen LogP contribution in [0.5, 0.6) is 0 Å². The molecule has 1 aromatic heterocycles. The second-order valence-corrected chi connectivity index (χ2v) is 5.10. The molecule has 0 saturated carbocycles. The van der Waals surface area contributed by atoms with Crippen molar-refractivity contribution >= 4 is 30.4 Å². The molecule has 0 aliphatic rings. The summed E-state index contributed by atoms with van der Waals surface area (Å²) in [6.45, 7) is 3.97. The quantitative estimate of drug-likeness (QED) is 0.576. The fourth-order valence-corrected chi connectivity index (χ4v) is 2.21. The average molecular weight is 327 g/mol. The summed E-state index contributed by atoms with van der Waals surface area (Å²) in [6.07, 6.45) is -1.01. The first-order valence-electron chi connectivity index (χ1n) is 5.99. The van der Waals surface area contributed by atoms with Crippen molar-refractivity contribution in [1.29, 1.82) is 0 Å². The second-order valence-electron chi connectivity index (χ2n) is 4.26. The van der Waals surface area contributed by atoms with Crippen molar-refractivity contribution in [2.45, 2.75) is 25.4 Å². The van der Waals surface area contributed by atoms with Crippen LogP contribution < -0.4 is 0 Å². The molecule has 0 radical (unpaired) electrons. The maximum absolute atomic E-state index is 8.56. The fraction of sp³-hybridized carbons (Fsp3) is 0.214. The van der Waals surface area contributed by atoms with E-state index in [1.54, 1.807) is 0 Å². The van der Waals surface area contributed by atoms with E-state index in [4.69, 9.17) is 26.6 Å². The van der Waals surface area contributed by atoms with E-state index < -0.39 is 6.16 Å². The first-order valence-corrected chi connectivity index (χ1v) is 6.81. The first-order chi connectivity index (χ1) is 9.79. The molecule has 0 fully saturated rings. The third-order valence-corrected chi connectivity index (χ3v) is 3.16. The maximum atomic E-state index is 8.56. The molecule has 0 aliphatic carbocycles. The van der Waals surface area contributed by atoms with Crippen molar-refractivity contribution in [2.24, 2.45) is 0 Å². The highest BCUT2D eigenvalue weighted by molar-refractivity contribution is 7.80. The van der Waals surface area contributed by atoms with Crippen molar-refractivity contribution in [1.82, 2.24) is 9.97 Å². The van der Waals surface area contributed by atoms with E-state index in [1.807, 2.05) is 38.1 Å². The predicted octanol–water partition coefficient (Wildman–Crippen LogP) is 3.85. The molecule has 1 heterocycles. The van der Waals surface area contributed by atoms with Crippen LogP contribution in [0.25, 0.3) is 0 Å². The Kier molecular flexibility index (Phi) is 6.45. The Balaban J connectivity index is 0.000000491.